The first-order valence-corrected chi connectivity index (χ1v) is 4.50. The second-order valence-electron chi connectivity index (χ2n) is 1.01. The van der Waals surface area contributed by atoms with Crippen molar-refractivity contribution in [3.8, 4) is 0 Å². The molecule has 81 valence electrons. The summed E-state index contributed by atoms with van der Waals surface area (Å²) in [5, 5.41) is 30.3. The Labute approximate surface area is 101 Å². The molecule has 9 heteroatoms. The molecule has 6 nitrogen and oxygen atoms in total. The number of aliphatic carboxylic acids is 2. The van der Waals surface area contributed by atoms with Crippen LogP contribution in [-0.4, -0.2) is 33.1 Å². The van der Waals surface area contributed by atoms with Crippen molar-refractivity contribution >= 4 is 43.8 Å². The number of hydrogen-bond acceptors (Lipinski definition) is 6. The zero-order valence-corrected chi connectivity index (χ0v) is 10.2. The smallest absolute Gasteiger partial charge is 0.549 e. The van der Waals surface area contributed by atoms with Gasteiger partial charge in [-0.05, 0) is 0 Å². The van der Waals surface area contributed by atoms with Crippen LogP contribution in [0, 0.1) is 0 Å². The summed E-state index contributed by atoms with van der Waals surface area (Å²) in [5.74, 6) is -2.16. The van der Waals surface area contributed by atoms with E-state index >= 15 is 0 Å². The van der Waals surface area contributed by atoms with Crippen LogP contribution in [0.4, 0.5) is 0 Å². The fraction of sp³-hybridized carbons (Fsp3) is 0.500. The van der Waals surface area contributed by atoms with E-state index in [1.54, 1.807) is 0 Å². The van der Waals surface area contributed by atoms with Gasteiger partial charge in [0, 0.05) is 10.7 Å². The Bertz CT molecular complexity index is 107. The summed E-state index contributed by atoms with van der Waals surface area (Å²) in [5.41, 5.74) is 0. The average molecular weight is 369 g/mol. The average Bonchev–Trinajstić information content (AvgIpc) is 2.09. The van der Waals surface area contributed by atoms with E-state index in [0.29, 0.717) is 0 Å². The van der Waals surface area contributed by atoms with Crippen LogP contribution >= 0.6 is 31.9 Å². The summed E-state index contributed by atoms with van der Waals surface area (Å²) >= 11 is 5.30. The Kier molecular flexibility index (Phi) is 40.8. The van der Waals surface area contributed by atoms with Crippen molar-refractivity contribution in [2.24, 2.45) is 0 Å². The third-order valence-corrected chi connectivity index (χ3v) is 1.13. The maximum absolute atomic E-state index is 9.21. The summed E-state index contributed by atoms with van der Waals surface area (Å²) in [6, 6.07) is 0. The Hall–Kier alpha value is 0.326. The number of carboxylic acids is 2. The molecule has 0 aliphatic heterocycles. The summed E-state index contributed by atoms with van der Waals surface area (Å²) in [6.45, 7) is 0. The standard InChI is InChI=1S/2C2H3BrO2.Co.H2O2/c2*3-1-2(4)5;;1-2/h2*1H2,(H,4,5);;1-2H/q;;+2;/p-2. The van der Waals surface area contributed by atoms with Crippen LogP contribution in [-0.2, 0) is 26.4 Å². The minimum atomic E-state index is -1.08. The molecule has 0 unspecified atom stereocenters. The number of carboxylic acid groups (broad SMARTS) is 2. The Balaban J connectivity index is -0.0000000491. The number of rotatable bonds is 2. The van der Waals surface area contributed by atoms with Gasteiger partial charge in [-0.3, -0.25) is 10.5 Å². The van der Waals surface area contributed by atoms with Crippen LogP contribution in [0.5, 0.6) is 0 Å². The van der Waals surface area contributed by atoms with Crippen LogP contribution in [0.1, 0.15) is 0 Å². The Morgan fingerprint density at radius 3 is 1.08 bits per heavy atom. The number of carbonyl (C=O) groups excluding carboxylic acids is 2. The van der Waals surface area contributed by atoms with Gasteiger partial charge < -0.3 is 19.8 Å². The van der Waals surface area contributed by atoms with Gasteiger partial charge in [0.15, 0.2) is 0 Å². The number of hydrogen-bond donors (Lipinski definition) is 2. The number of carbonyl (C=O) groups is 2. The molecule has 2 N–H and O–H groups in total. The van der Waals surface area contributed by atoms with Gasteiger partial charge >= 0.3 is 16.8 Å². The minimum absolute atomic E-state index is 0. The van der Waals surface area contributed by atoms with Crippen LogP contribution in [0.25, 0.3) is 0 Å². The van der Waals surface area contributed by atoms with Gasteiger partial charge in [-0.15, -0.1) is 0 Å². The molecule has 0 amide bonds. The van der Waals surface area contributed by atoms with Crippen LogP contribution < -0.4 is 10.2 Å². The summed E-state index contributed by atoms with van der Waals surface area (Å²) in [7, 11) is 0. The van der Waals surface area contributed by atoms with E-state index in [2.05, 4.69) is 31.9 Å². The van der Waals surface area contributed by atoms with Gasteiger partial charge in [-0.1, -0.05) is 31.9 Å². The van der Waals surface area contributed by atoms with E-state index in [1.165, 1.54) is 0 Å². The van der Waals surface area contributed by atoms with Gasteiger partial charge in [0.1, 0.15) is 0 Å². The number of alkyl halides is 2. The zero-order chi connectivity index (χ0) is 10.6. The van der Waals surface area contributed by atoms with Gasteiger partial charge in [0.2, 0.25) is 0 Å². The third-order valence-electron chi connectivity index (χ3n) is 0.218. The fourth-order valence-corrected chi connectivity index (χ4v) is 0. The Morgan fingerprint density at radius 2 is 1.08 bits per heavy atom. The van der Waals surface area contributed by atoms with Crippen molar-refractivity contribution in [1.82, 2.24) is 0 Å². The van der Waals surface area contributed by atoms with Crippen molar-refractivity contribution in [3.63, 3.8) is 0 Å². The van der Waals surface area contributed by atoms with E-state index in [0.717, 1.165) is 0 Å². The molecule has 0 spiro atoms. The molecule has 0 bridgehead atoms. The van der Waals surface area contributed by atoms with E-state index in [1.807, 2.05) is 0 Å². The van der Waals surface area contributed by atoms with Crippen molar-refractivity contribution in [1.29, 1.82) is 0 Å². The molecule has 0 aromatic rings. The molecule has 0 rings (SSSR count). The monoisotopic (exact) mass is 367 g/mol. The molecule has 0 fully saturated rings. The van der Waals surface area contributed by atoms with Gasteiger partial charge in [0.25, 0.3) is 0 Å². The molecule has 0 aromatic carbocycles. The molecule has 0 saturated heterocycles. The van der Waals surface area contributed by atoms with Gasteiger partial charge in [-0.2, -0.15) is 0 Å². The molecule has 13 heavy (non-hydrogen) atoms. The SMILES string of the molecule is O=C([O-])CBr.O=C([O-])CBr.OO.[Co+2]. The normalized spacial score (nSPS) is 6.15. The molecule has 0 saturated carbocycles. The topological polar surface area (TPSA) is 121 Å². The first-order valence-electron chi connectivity index (χ1n) is 2.26. The van der Waals surface area contributed by atoms with Crippen LogP contribution in [0.2, 0.25) is 0 Å². The fourth-order valence-electron chi connectivity index (χ4n) is 0. The summed E-state index contributed by atoms with van der Waals surface area (Å²) in [6.07, 6.45) is 0. The largest absolute Gasteiger partial charge is 2.00 e. The molecule has 0 atom stereocenters. The van der Waals surface area contributed by atoms with Gasteiger partial charge in [0.05, 0.1) is 11.9 Å². The quantitative estimate of drug-likeness (QED) is 0.340. The summed E-state index contributed by atoms with van der Waals surface area (Å²) in [4.78, 5) is 18.4. The maximum Gasteiger partial charge on any atom is 2.00 e. The Morgan fingerprint density at radius 1 is 1.00 bits per heavy atom. The number of halogens is 2. The predicted octanol–water partition coefficient (Wildman–Crippen LogP) is -1.72. The second kappa shape index (κ2) is 22.8. The maximum atomic E-state index is 9.21. The minimum Gasteiger partial charge on any atom is -0.549 e. The van der Waals surface area contributed by atoms with Crippen LogP contribution in [0.15, 0.2) is 0 Å². The van der Waals surface area contributed by atoms with E-state index in [9.17, 15) is 19.8 Å². The van der Waals surface area contributed by atoms with Crippen molar-refractivity contribution in [2.45, 2.75) is 0 Å². The predicted molar refractivity (Wildman–Crippen MR) is 42.9 cm³/mol. The molecule has 1 radical (unpaired) electrons. The first-order chi connectivity index (χ1) is 5.54. The molecule has 0 aromatic heterocycles. The van der Waals surface area contributed by atoms with Crippen molar-refractivity contribution in [3.05, 3.63) is 0 Å². The van der Waals surface area contributed by atoms with Gasteiger partial charge in [-0.25, -0.2) is 0 Å². The van der Waals surface area contributed by atoms with E-state index < -0.39 is 11.9 Å². The molecule has 0 aliphatic carbocycles. The third kappa shape index (κ3) is 70.2. The zero-order valence-electron chi connectivity index (χ0n) is 6.03. The second-order valence-corrected chi connectivity index (χ2v) is 2.13. The molecular weight excluding hydrogens is 363 g/mol. The van der Waals surface area contributed by atoms with Crippen molar-refractivity contribution < 1.29 is 47.1 Å². The van der Waals surface area contributed by atoms with E-state index in [-0.39, 0.29) is 27.4 Å². The van der Waals surface area contributed by atoms with Crippen molar-refractivity contribution in [2.75, 3.05) is 10.7 Å². The molecular formula is C4H6Br2CoO6. The summed E-state index contributed by atoms with van der Waals surface area (Å²) < 4.78 is 0. The van der Waals surface area contributed by atoms with Crippen LogP contribution in [0.3, 0.4) is 0 Å². The molecule has 0 aliphatic rings. The van der Waals surface area contributed by atoms with E-state index in [4.69, 9.17) is 10.5 Å². The first kappa shape index (κ1) is 23.3. The molecule has 0 heterocycles.